The number of halogens is 2. The van der Waals surface area contributed by atoms with E-state index in [1.807, 2.05) is 29.6 Å². The van der Waals surface area contributed by atoms with Crippen LogP contribution in [0.5, 0.6) is 11.5 Å². The first kappa shape index (κ1) is 13.5. The van der Waals surface area contributed by atoms with Crippen LogP contribution >= 0.6 is 34.5 Å². The van der Waals surface area contributed by atoms with Crippen molar-refractivity contribution in [2.75, 3.05) is 14.2 Å². The molecule has 0 radical (unpaired) electrons. The minimum absolute atomic E-state index is 0.321. The van der Waals surface area contributed by atoms with E-state index in [-0.39, 0.29) is 5.38 Å². The average Bonchev–Trinajstić information content (AvgIpc) is 2.83. The molecule has 96 valence electrons. The quantitative estimate of drug-likeness (QED) is 0.759. The molecule has 18 heavy (non-hydrogen) atoms. The Morgan fingerprint density at radius 1 is 1.17 bits per heavy atom. The van der Waals surface area contributed by atoms with Gasteiger partial charge in [0, 0.05) is 16.5 Å². The third kappa shape index (κ3) is 2.58. The highest BCUT2D eigenvalue weighted by Gasteiger charge is 2.19. The van der Waals surface area contributed by atoms with Crippen LogP contribution in [0.1, 0.15) is 15.8 Å². The Labute approximate surface area is 120 Å². The highest BCUT2D eigenvalue weighted by molar-refractivity contribution is 7.11. The zero-order valence-corrected chi connectivity index (χ0v) is 12.3. The first-order valence-corrected chi connectivity index (χ1v) is 6.95. The summed E-state index contributed by atoms with van der Waals surface area (Å²) in [6.07, 6.45) is 0. The first-order valence-electron chi connectivity index (χ1n) is 5.26. The van der Waals surface area contributed by atoms with Gasteiger partial charge in [0.2, 0.25) is 0 Å². The van der Waals surface area contributed by atoms with E-state index in [4.69, 9.17) is 32.7 Å². The Bertz CT molecular complexity index is 540. The zero-order valence-electron chi connectivity index (χ0n) is 9.94. The fourth-order valence-corrected chi connectivity index (χ4v) is 3.32. The van der Waals surface area contributed by atoms with Crippen LogP contribution in [0, 0.1) is 0 Å². The van der Waals surface area contributed by atoms with E-state index >= 15 is 0 Å². The molecule has 0 amide bonds. The first-order chi connectivity index (χ1) is 8.67. The molecule has 0 aliphatic carbocycles. The summed E-state index contributed by atoms with van der Waals surface area (Å²) in [5.41, 5.74) is 0.879. The molecular formula is C13H12Cl2O2S. The lowest BCUT2D eigenvalue weighted by Crippen LogP contribution is -1.97. The average molecular weight is 303 g/mol. The number of rotatable bonds is 4. The Morgan fingerprint density at radius 3 is 2.50 bits per heavy atom. The van der Waals surface area contributed by atoms with Crippen molar-refractivity contribution >= 4 is 34.5 Å². The van der Waals surface area contributed by atoms with Crippen molar-refractivity contribution in [1.29, 1.82) is 0 Å². The Hall–Kier alpha value is -0.900. The lowest BCUT2D eigenvalue weighted by Gasteiger charge is -2.14. The molecule has 0 saturated heterocycles. The van der Waals surface area contributed by atoms with Crippen molar-refractivity contribution in [1.82, 2.24) is 0 Å². The number of thiophene rings is 1. The summed E-state index contributed by atoms with van der Waals surface area (Å²) in [6.45, 7) is 0. The zero-order chi connectivity index (χ0) is 13.1. The summed E-state index contributed by atoms with van der Waals surface area (Å²) in [6, 6.07) is 7.40. The molecule has 0 N–H and O–H groups in total. The number of ether oxygens (including phenoxy) is 2. The predicted octanol–water partition coefficient (Wildman–Crippen LogP) is 4.75. The molecule has 0 bridgehead atoms. The van der Waals surface area contributed by atoms with Crippen molar-refractivity contribution in [2.45, 2.75) is 5.38 Å². The van der Waals surface area contributed by atoms with E-state index < -0.39 is 0 Å². The van der Waals surface area contributed by atoms with Gasteiger partial charge < -0.3 is 9.47 Å². The molecule has 0 spiro atoms. The van der Waals surface area contributed by atoms with E-state index in [2.05, 4.69) is 0 Å². The second-order valence-corrected chi connectivity index (χ2v) is 5.39. The van der Waals surface area contributed by atoms with Crippen LogP contribution in [0.3, 0.4) is 0 Å². The maximum Gasteiger partial charge on any atom is 0.127 e. The second-order valence-electron chi connectivity index (χ2n) is 3.60. The topological polar surface area (TPSA) is 18.5 Å². The molecule has 1 aromatic heterocycles. The van der Waals surface area contributed by atoms with Crippen LogP contribution in [-0.2, 0) is 0 Å². The van der Waals surface area contributed by atoms with E-state index in [1.54, 1.807) is 14.2 Å². The lowest BCUT2D eigenvalue weighted by atomic mass is 10.1. The molecule has 0 fully saturated rings. The SMILES string of the molecule is COc1ccc(C(Cl)c2sccc2Cl)c(OC)c1. The largest absolute Gasteiger partial charge is 0.497 e. The molecular weight excluding hydrogens is 291 g/mol. The number of methoxy groups -OCH3 is 2. The molecule has 2 nitrogen and oxygen atoms in total. The molecule has 5 heteroatoms. The van der Waals surface area contributed by atoms with E-state index in [0.29, 0.717) is 10.8 Å². The summed E-state index contributed by atoms with van der Waals surface area (Å²) >= 11 is 14.1. The van der Waals surface area contributed by atoms with Crippen molar-refractivity contribution in [3.8, 4) is 11.5 Å². The van der Waals surface area contributed by atoms with Gasteiger partial charge >= 0.3 is 0 Å². The van der Waals surface area contributed by atoms with E-state index in [1.165, 1.54) is 11.3 Å². The fraction of sp³-hybridized carbons (Fsp3) is 0.231. The van der Waals surface area contributed by atoms with Gasteiger partial charge in [0.25, 0.3) is 0 Å². The van der Waals surface area contributed by atoms with Crippen LogP contribution in [0.25, 0.3) is 0 Å². The minimum Gasteiger partial charge on any atom is -0.497 e. The summed E-state index contributed by atoms with van der Waals surface area (Å²) in [5, 5.41) is 2.28. The molecule has 2 aromatic rings. The van der Waals surface area contributed by atoms with Crippen LogP contribution in [0.15, 0.2) is 29.6 Å². The minimum atomic E-state index is -0.321. The predicted molar refractivity (Wildman–Crippen MR) is 76.6 cm³/mol. The van der Waals surface area contributed by atoms with Crippen molar-refractivity contribution in [3.63, 3.8) is 0 Å². The third-order valence-electron chi connectivity index (χ3n) is 2.59. The number of alkyl halides is 1. The highest BCUT2D eigenvalue weighted by Crippen LogP contribution is 2.41. The smallest absolute Gasteiger partial charge is 0.127 e. The Morgan fingerprint density at radius 2 is 1.94 bits per heavy atom. The van der Waals surface area contributed by atoms with Crippen LogP contribution in [-0.4, -0.2) is 14.2 Å². The van der Waals surface area contributed by atoms with Crippen molar-refractivity contribution < 1.29 is 9.47 Å². The summed E-state index contributed by atoms with van der Waals surface area (Å²) in [5.74, 6) is 1.43. The van der Waals surface area contributed by atoms with Gasteiger partial charge in [-0.25, -0.2) is 0 Å². The van der Waals surface area contributed by atoms with Gasteiger partial charge in [-0.1, -0.05) is 11.6 Å². The van der Waals surface area contributed by atoms with E-state index in [0.717, 1.165) is 16.2 Å². The normalized spacial score (nSPS) is 12.2. The van der Waals surface area contributed by atoms with Gasteiger partial charge in [-0.15, -0.1) is 22.9 Å². The number of benzene rings is 1. The number of hydrogen-bond acceptors (Lipinski definition) is 3. The lowest BCUT2D eigenvalue weighted by molar-refractivity contribution is 0.391. The fourth-order valence-electron chi connectivity index (χ4n) is 1.66. The van der Waals surface area contributed by atoms with Crippen LogP contribution in [0.2, 0.25) is 5.02 Å². The maximum absolute atomic E-state index is 6.46. The summed E-state index contributed by atoms with van der Waals surface area (Å²) < 4.78 is 10.5. The molecule has 1 aromatic carbocycles. The maximum atomic E-state index is 6.46. The van der Waals surface area contributed by atoms with Gasteiger partial charge in [0.15, 0.2) is 0 Å². The van der Waals surface area contributed by atoms with Gasteiger partial charge in [-0.05, 0) is 23.6 Å². The second kappa shape index (κ2) is 5.83. The molecule has 1 heterocycles. The van der Waals surface area contributed by atoms with Crippen LogP contribution < -0.4 is 9.47 Å². The van der Waals surface area contributed by atoms with E-state index in [9.17, 15) is 0 Å². The van der Waals surface area contributed by atoms with Crippen molar-refractivity contribution in [3.05, 3.63) is 45.1 Å². The van der Waals surface area contributed by atoms with Gasteiger partial charge in [0.05, 0.1) is 24.6 Å². The molecule has 1 unspecified atom stereocenters. The number of hydrogen-bond donors (Lipinski definition) is 0. The van der Waals surface area contributed by atoms with Gasteiger partial charge in [0.1, 0.15) is 11.5 Å². The van der Waals surface area contributed by atoms with Crippen LogP contribution in [0.4, 0.5) is 0 Å². The third-order valence-corrected chi connectivity index (χ3v) is 4.59. The highest BCUT2D eigenvalue weighted by atomic mass is 35.5. The molecule has 0 aliphatic heterocycles. The standard InChI is InChI=1S/C13H12Cl2O2S/c1-16-8-3-4-9(11(7-8)17-2)12(15)13-10(14)5-6-18-13/h3-7,12H,1-2H3. The summed E-state index contributed by atoms with van der Waals surface area (Å²) in [4.78, 5) is 0.918. The van der Waals surface area contributed by atoms with Gasteiger partial charge in [-0.3, -0.25) is 0 Å². The van der Waals surface area contributed by atoms with Gasteiger partial charge in [-0.2, -0.15) is 0 Å². The Kier molecular flexibility index (Phi) is 4.38. The molecule has 1 atom stereocenters. The summed E-state index contributed by atoms with van der Waals surface area (Å²) in [7, 11) is 3.22. The molecule has 2 rings (SSSR count). The molecule has 0 saturated carbocycles. The molecule has 0 aliphatic rings. The van der Waals surface area contributed by atoms with Crippen molar-refractivity contribution in [2.24, 2.45) is 0 Å². The monoisotopic (exact) mass is 302 g/mol. The Balaban J connectivity index is 2.41.